The number of sulfonamides is 1. The van der Waals surface area contributed by atoms with Crippen molar-refractivity contribution in [3.05, 3.63) is 77.4 Å². The minimum Gasteiger partial charge on any atom is -0.298 e. The zero-order valence-corrected chi connectivity index (χ0v) is 14.4. The Kier molecular flexibility index (Phi) is 6.33. The maximum atomic E-state index is 12.9. The normalized spacial score (nSPS) is 12.6. The first-order valence-electron chi connectivity index (χ1n) is 7.56. The lowest BCUT2D eigenvalue weighted by molar-refractivity contribution is -0.0488. The Labute approximate surface area is 149 Å². The van der Waals surface area contributed by atoms with Gasteiger partial charge in [0, 0.05) is 18.7 Å². The van der Waals surface area contributed by atoms with E-state index in [0.717, 1.165) is 0 Å². The van der Waals surface area contributed by atoms with Gasteiger partial charge in [0.1, 0.15) is 6.29 Å². The predicted molar refractivity (Wildman–Crippen MR) is 92.7 cm³/mol. The van der Waals surface area contributed by atoms with Gasteiger partial charge in [0.15, 0.2) is 0 Å². The van der Waals surface area contributed by atoms with Gasteiger partial charge < -0.3 is 0 Å². The molecule has 0 N–H and O–H groups in total. The quantitative estimate of drug-likeness (QED) is 0.682. The van der Waals surface area contributed by atoms with Crippen molar-refractivity contribution in [1.29, 1.82) is 0 Å². The first-order valence-corrected chi connectivity index (χ1v) is 9.00. The molecule has 2 rings (SSSR count). The molecule has 0 heterocycles. The molecule has 138 valence electrons. The van der Waals surface area contributed by atoms with E-state index in [1.54, 1.807) is 54.6 Å². The number of rotatable bonds is 7. The average Bonchev–Trinajstić information content (AvgIpc) is 2.61. The fourth-order valence-corrected chi connectivity index (χ4v) is 3.07. The van der Waals surface area contributed by atoms with Crippen LogP contribution in [0.3, 0.4) is 0 Å². The Morgan fingerprint density at radius 1 is 0.923 bits per heavy atom. The van der Waals surface area contributed by atoms with E-state index in [0.29, 0.717) is 27.3 Å². The summed E-state index contributed by atoms with van der Waals surface area (Å²) in [6.07, 6.45) is 3.51. The molecule has 0 aliphatic rings. The maximum absolute atomic E-state index is 12.9. The predicted octanol–water partition coefficient (Wildman–Crippen LogP) is 3.86. The van der Waals surface area contributed by atoms with Crippen LogP contribution in [0.5, 0.6) is 0 Å². The zero-order valence-electron chi connectivity index (χ0n) is 13.6. The molecule has 0 atom stereocenters. The molecule has 2 aromatic rings. The van der Waals surface area contributed by atoms with Crippen molar-refractivity contribution in [1.82, 2.24) is 4.31 Å². The molecule has 0 saturated heterocycles. The van der Waals surface area contributed by atoms with E-state index in [9.17, 15) is 26.4 Å². The summed E-state index contributed by atoms with van der Waals surface area (Å²) in [4.78, 5) is 10.6. The second-order valence-corrected chi connectivity index (χ2v) is 7.35. The number of hydrogen-bond donors (Lipinski definition) is 0. The van der Waals surface area contributed by atoms with E-state index in [-0.39, 0.29) is 0 Å². The number of alkyl halides is 3. The highest BCUT2D eigenvalue weighted by atomic mass is 32.2. The molecule has 0 radical (unpaired) electrons. The molecule has 0 spiro atoms. The third-order valence-corrected chi connectivity index (χ3v) is 5.07. The van der Waals surface area contributed by atoms with Crippen LogP contribution in [0.1, 0.15) is 21.5 Å². The fourth-order valence-electron chi connectivity index (χ4n) is 2.17. The molecule has 0 amide bonds. The van der Waals surface area contributed by atoms with E-state index >= 15 is 0 Å². The van der Waals surface area contributed by atoms with Crippen molar-refractivity contribution in [2.45, 2.75) is 12.1 Å². The summed E-state index contributed by atoms with van der Waals surface area (Å²) >= 11 is 0. The molecule has 0 aliphatic heterocycles. The lowest BCUT2D eigenvalue weighted by Gasteiger charge is -2.22. The van der Waals surface area contributed by atoms with Crippen molar-refractivity contribution >= 4 is 22.4 Å². The minimum absolute atomic E-state index is 0.374. The lowest BCUT2D eigenvalue weighted by atomic mass is 10.1. The Hall–Kier alpha value is -2.45. The zero-order chi connectivity index (χ0) is 19.2. The van der Waals surface area contributed by atoms with Crippen LogP contribution < -0.4 is 0 Å². The average molecular weight is 383 g/mol. The van der Waals surface area contributed by atoms with Crippen molar-refractivity contribution in [2.24, 2.45) is 0 Å². The van der Waals surface area contributed by atoms with Crippen LogP contribution in [0.2, 0.25) is 0 Å². The first-order chi connectivity index (χ1) is 12.2. The summed E-state index contributed by atoms with van der Waals surface area (Å²) in [5.74, 6) is 0. The number of nitrogens with zero attached hydrogens (tertiary/aromatic N) is 1. The van der Waals surface area contributed by atoms with E-state index in [1.807, 2.05) is 0 Å². The van der Waals surface area contributed by atoms with Crippen LogP contribution in [-0.2, 0) is 16.6 Å². The molecule has 4 nitrogen and oxygen atoms in total. The Morgan fingerprint density at radius 2 is 1.50 bits per heavy atom. The van der Waals surface area contributed by atoms with Crippen molar-refractivity contribution in [3.8, 4) is 0 Å². The van der Waals surface area contributed by atoms with Crippen LogP contribution in [0.15, 0.2) is 60.7 Å². The highest BCUT2D eigenvalue weighted by Crippen LogP contribution is 2.28. The largest absolute Gasteiger partial charge is 0.511 e. The Balaban J connectivity index is 2.20. The summed E-state index contributed by atoms with van der Waals surface area (Å²) < 4.78 is 62.8. The summed E-state index contributed by atoms with van der Waals surface area (Å²) in [7, 11) is -5.47. The van der Waals surface area contributed by atoms with Crippen molar-refractivity contribution < 1.29 is 26.4 Å². The second kappa shape index (κ2) is 8.29. The van der Waals surface area contributed by atoms with Crippen LogP contribution in [0, 0.1) is 0 Å². The van der Waals surface area contributed by atoms with Crippen LogP contribution in [-0.4, -0.2) is 31.1 Å². The second-order valence-electron chi connectivity index (χ2n) is 5.42. The first kappa shape index (κ1) is 19.9. The van der Waals surface area contributed by atoms with Crippen LogP contribution >= 0.6 is 0 Å². The monoisotopic (exact) mass is 383 g/mol. The van der Waals surface area contributed by atoms with Gasteiger partial charge in [-0.1, -0.05) is 66.7 Å². The number of carbonyl (C=O) groups excluding carboxylic acids is 1. The number of halogens is 3. The van der Waals surface area contributed by atoms with Crippen molar-refractivity contribution in [3.63, 3.8) is 0 Å². The standard InChI is InChI=1S/C18H16F3NO3S/c19-18(20,21)26(24,25)22(13-16-5-2-1-3-6-16)12-4-7-15-8-10-17(14-23)11-9-15/h1-11,14H,12-13H2/b7-4+. The molecule has 0 unspecified atom stereocenters. The smallest absolute Gasteiger partial charge is 0.298 e. The third kappa shape index (κ3) is 5.03. The molecule has 0 bridgehead atoms. The molecule has 0 saturated carbocycles. The van der Waals surface area contributed by atoms with Gasteiger partial charge in [0.25, 0.3) is 0 Å². The Bertz CT molecular complexity index is 861. The van der Waals surface area contributed by atoms with Crippen LogP contribution in [0.25, 0.3) is 6.08 Å². The van der Waals surface area contributed by atoms with E-state index in [2.05, 4.69) is 0 Å². The number of aldehydes is 1. The topological polar surface area (TPSA) is 54.5 Å². The summed E-state index contributed by atoms with van der Waals surface area (Å²) in [6, 6.07) is 14.4. The maximum Gasteiger partial charge on any atom is 0.511 e. The van der Waals surface area contributed by atoms with Gasteiger partial charge >= 0.3 is 15.5 Å². The van der Waals surface area contributed by atoms with E-state index in [4.69, 9.17) is 0 Å². The molecule has 0 aromatic heterocycles. The van der Waals surface area contributed by atoms with Gasteiger partial charge in [-0.05, 0) is 11.1 Å². The molecule has 0 aliphatic carbocycles. The molecule has 0 fully saturated rings. The summed E-state index contributed by atoms with van der Waals surface area (Å²) in [5.41, 5.74) is -3.82. The summed E-state index contributed by atoms with van der Waals surface area (Å²) in [5, 5.41) is 0. The number of benzene rings is 2. The molecule has 26 heavy (non-hydrogen) atoms. The third-order valence-electron chi connectivity index (χ3n) is 3.53. The van der Waals surface area contributed by atoms with E-state index in [1.165, 1.54) is 12.2 Å². The van der Waals surface area contributed by atoms with Gasteiger partial charge in [-0.15, -0.1) is 0 Å². The lowest BCUT2D eigenvalue weighted by Crippen LogP contribution is -2.40. The molecule has 8 heteroatoms. The van der Waals surface area contributed by atoms with Crippen LogP contribution in [0.4, 0.5) is 13.2 Å². The van der Waals surface area contributed by atoms with Crippen molar-refractivity contribution in [2.75, 3.05) is 6.54 Å². The highest BCUT2D eigenvalue weighted by Gasteiger charge is 2.49. The Morgan fingerprint density at radius 3 is 2.04 bits per heavy atom. The SMILES string of the molecule is O=Cc1ccc(/C=C/CN(Cc2ccccc2)S(=O)(=O)C(F)(F)F)cc1. The minimum atomic E-state index is -5.47. The van der Waals surface area contributed by atoms with Gasteiger partial charge in [0.2, 0.25) is 0 Å². The van der Waals surface area contributed by atoms with Gasteiger partial charge in [-0.25, -0.2) is 8.42 Å². The molecular weight excluding hydrogens is 367 g/mol. The number of hydrogen-bond acceptors (Lipinski definition) is 3. The molecular formula is C18H16F3NO3S. The van der Waals surface area contributed by atoms with E-state index < -0.39 is 28.6 Å². The highest BCUT2D eigenvalue weighted by molar-refractivity contribution is 7.89. The summed E-state index contributed by atoms with van der Waals surface area (Å²) in [6.45, 7) is -0.830. The van der Waals surface area contributed by atoms with Gasteiger partial charge in [-0.2, -0.15) is 17.5 Å². The van der Waals surface area contributed by atoms with Gasteiger partial charge in [0.05, 0.1) is 0 Å². The molecule has 2 aromatic carbocycles. The fraction of sp³-hybridized carbons (Fsp3) is 0.167. The number of carbonyl (C=O) groups is 1. The van der Waals surface area contributed by atoms with Gasteiger partial charge in [-0.3, -0.25) is 4.79 Å².